The van der Waals surface area contributed by atoms with E-state index < -0.39 is 0 Å². The lowest BCUT2D eigenvalue weighted by Gasteiger charge is -2.13. The van der Waals surface area contributed by atoms with E-state index in [-0.39, 0.29) is 29.1 Å². The van der Waals surface area contributed by atoms with Crippen LogP contribution in [-0.2, 0) is 9.59 Å². The summed E-state index contributed by atoms with van der Waals surface area (Å²) in [4.78, 5) is 23.9. The van der Waals surface area contributed by atoms with Crippen LogP contribution in [-0.4, -0.2) is 18.9 Å². The van der Waals surface area contributed by atoms with Gasteiger partial charge in [-0.1, -0.05) is 25.5 Å². The normalized spacial score (nSPS) is 20.8. The summed E-state index contributed by atoms with van der Waals surface area (Å²) in [7, 11) is 1.55. The number of hydrogen-bond donors (Lipinski definition) is 2. The van der Waals surface area contributed by atoms with Gasteiger partial charge in [-0.15, -0.1) is 0 Å². The quantitative estimate of drug-likeness (QED) is 0.806. The Labute approximate surface area is 143 Å². The van der Waals surface area contributed by atoms with Crippen molar-refractivity contribution in [2.75, 3.05) is 17.7 Å². The Bertz CT molecular complexity index is 688. The van der Waals surface area contributed by atoms with Gasteiger partial charge in [0.25, 0.3) is 0 Å². The van der Waals surface area contributed by atoms with Crippen molar-refractivity contribution in [2.24, 2.45) is 17.3 Å². The summed E-state index contributed by atoms with van der Waals surface area (Å²) < 4.78 is 5.31. The largest absolute Gasteiger partial charge is 0.495 e. The molecule has 1 aliphatic carbocycles. The number of carbonyl (C=O) groups is 2. The van der Waals surface area contributed by atoms with Crippen LogP contribution in [0.4, 0.5) is 11.4 Å². The molecule has 2 atom stereocenters. The minimum absolute atomic E-state index is 0.0271. The monoisotopic (exact) mass is 330 g/mol. The highest BCUT2D eigenvalue weighted by atomic mass is 16.5. The molecule has 0 bridgehead atoms. The predicted molar refractivity (Wildman–Crippen MR) is 96.1 cm³/mol. The smallest absolute Gasteiger partial charge is 0.228 e. The highest BCUT2D eigenvalue weighted by molar-refractivity contribution is 5.98. The molecule has 0 spiro atoms. The van der Waals surface area contributed by atoms with Crippen LogP contribution in [0.5, 0.6) is 5.75 Å². The van der Waals surface area contributed by atoms with Gasteiger partial charge < -0.3 is 15.4 Å². The molecule has 5 nitrogen and oxygen atoms in total. The third-order valence-electron chi connectivity index (χ3n) is 4.48. The van der Waals surface area contributed by atoms with Crippen LogP contribution >= 0.6 is 0 Å². The fourth-order valence-electron chi connectivity index (χ4n) is 3.15. The molecule has 0 saturated heterocycles. The molecule has 0 unspecified atom stereocenters. The minimum atomic E-state index is -0.163. The van der Waals surface area contributed by atoms with Crippen LogP contribution in [0.2, 0.25) is 0 Å². The van der Waals surface area contributed by atoms with E-state index in [1.165, 1.54) is 12.5 Å². The fraction of sp³-hybridized carbons (Fsp3) is 0.474. The zero-order valence-corrected chi connectivity index (χ0v) is 15.2. The van der Waals surface area contributed by atoms with Gasteiger partial charge in [0.2, 0.25) is 11.8 Å². The second kappa shape index (κ2) is 6.67. The Morgan fingerprint density at radius 3 is 2.38 bits per heavy atom. The van der Waals surface area contributed by atoms with Gasteiger partial charge in [-0.2, -0.15) is 0 Å². The van der Waals surface area contributed by atoms with Gasteiger partial charge in [-0.25, -0.2) is 0 Å². The van der Waals surface area contributed by atoms with E-state index in [0.29, 0.717) is 17.1 Å². The van der Waals surface area contributed by atoms with E-state index in [4.69, 9.17) is 4.74 Å². The number of benzene rings is 1. The Morgan fingerprint density at radius 2 is 1.83 bits per heavy atom. The molecule has 5 heteroatoms. The molecule has 1 aromatic rings. The number of methoxy groups -OCH3 is 1. The molecule has 1 saturated carbocycles. The first kappa shape index (κ1) is 18.0. The van der Waals surface area contributed by atoms with Crippen molar-refractivity contribution in [3.63, 3.8) is 0 Å². The van der Waals surface area contributed by atoms with Crippen LogP contribution in [0.3, 0.4) is 0 Å². The van der Waals surface area contributed by atoms with Crippen molar-refractivity contribution in [2.45, 2.75) is 34.6 Å². The molecule has 0 aliphatic heterocycles. The molecule has 0 heterocycles. The van der Waals surface area contributed by atoms with Gasteiger partial charge in [0.05, 0.1) is 18.7 Å². The molecule has 2 N–H and O–H groups in total. The average molecular weight is 330 g/mol. The van der Waals surface area contributed by atoms with Crippen molar-refractivity contribution in [1.29, 1.82) is 0 Å². The van der Waals surface area contributed by atoms with Crippen molar-refractivity contribution in [3.05, 3.63) is 29.8 Å². The molecule has 0 aromatic heterocycles. The molecule has 24 heavy (non-hydrogen) atoms. The molecular weight excluding hydrogens is 304 g/mol. The highest BCUT2D eigenvalue weighted by Gasteiger charge is 2.60. The van der Waals surface area contributed by atoms with Gasteiger partial charge in [-0.05, 0) is 43.4 Å². The molecule has 0 radical (unpaired) electrons. The number of amides is 2. The lowest BCUT2D eigenvalue weighted by atomic mass is 10.1. The molecular formula is C19H26N2O3. The number of allylic oxidation sites excluding steroid dienone is 2. The summed E-state index contributed by atoms with van der Waals surface area (Å²) in [6.07, 6.45) is 2.16. The van der Waals surface area contributed by atoms with Crippen LogP contribution in [0.15, 0.2) is 29.8 Å². The van der Waals surface area contributed by atoms with Gasteiger partial charge >= 0.3 is 0 Å². The molecule has 1 aliphatic rings. The minimum Gasteiger partial charge on any atom is -0.495 e. The SMILES string of the molecule is COc1ccc(NC(C)=O)cc1NC(=O)[C@H]1[C@@H](C=C(C)C)C1(C)C. The summed E-state index contributed by atoms with van der Waals surface area (Å²) in [5, 5.41) is 5.66. The first-order chi connectivity index (χ1) is 11.2. The van der Waals surface area contributed by atoms with Crippen molar-refractivity contribution >= 4 is 23.2 Å². The van der Waals surface area contributed by atoms with E-state index in [2.05, 4.69) is 30.6 Å². The van der Waals surface area contributed by atoms with Gasteiger partial charge in [0.1, 0.15) is 5.75 Å². The Balaban J connectivity index is 2.19. The first-order valence-electron chi connectivity index (χ1n) is 8.08. The molecule has 130 valence electrons. The summed E-state index contributed by atoms with van der Waals surface area (Å²) in [5.74, 6) is 0.549. The van der Waals surface area contributed by atoms with Gasteiger partial charge in [-0.3, -0.25) is 9.59 Å². The second-order valence-corrected chi connectivity index (χ2v) is 7.15. The van der Waals surface area contributed by atoms with E-state index in [9.17, 15) is 9.59 Å². The van der Waals surface area contributed by atoms with Crippen molar-refractivity contribution < 1.29 is 14.3 Å². The summed E-state index contributed by atoms with van der Waals surface area (Å²) in [5.41, 5.74) is 2.35. The first-order valence-corrected chi connectivity index (χ1v) is 8.08. The summed E-state index contributed by atoms with van der Waals surface area (Å²) in [6.45, 7) is 9.74. The zero-order valence-electron chi connectivity index (χ0n) is 15.2. The lowest BCUT2D eigenvalue weighted by molar-refractivity contribution is -0.118. The molecule has 1 fully saturated rings. The summed E-state index contributed by atoms with van der Waals surface area (Å²) >= 11 is 0. The third-order valence-corrected chi connectivity index (χ3v) is 4.48. The number of anilines is 2. The van der Waals surface area contributed by atoms with Crippen LogP contribution in [0.1, 0.15) is 34.6 Å². The maximum absolute atomic E-state index is 12.7. The molecule has 1 aromatic carbocycles. The molecule has 2 rings (SSSR count). The zero-order chi connectivity index (χ0) is 18.1. The van der Waals surface area contributed by atoms with E-state index in [0.717, 1.165) is 0 Å². The Hall–Kier alpha value is -2.30. The van der Waals surface area contributed by atoms with Gasteiger partial charge in [0, 0.05) is 12.6 Å². The standard InChI is InChI=1S/C19H26N2O3/c1-11(2)9-14-17(19(14,4)5)18(23)21-15-10-13(20-12(3)22)7-8-16(15)24-6/h7-10,14,17H,1-6H3,(H,20,22)(H,21,23)/t14-,17-/m1/s1. The predicted octanol–water partition coefficient (Wildman–Crippen LogP) is 3.83. The fourth-order valence-corrected chi connectivity index (χ4v) is 3.15. The van der Waals surface area contributed by atoms with Crippen molar-refractivity contribution in [1.82, 2.24) is 0 Å². The average Bonchev–Trinajstić information content (AvgIpc) is 2.98. The number of nitrogens with one attached hydrogen (secondary N) is 2. The van der Waals surface area contributed by atoms with Crippen LogP contribution in [0, 0.1) is 17.3 Å². The van der Waals surface area contributed by atoms with Crippen molar-refractivity contribution in [3.8, 4) is 5.75 Å². The van der Waals surface area contributed by atoms with E-state index >= 15 is 0 Å². The number of rotatable bonds is 5. The summed E-state index contributed by atoms with van der Waals surface area (Å²) in [6, 6.07) is 5.18. The number of ether oxygens (including phenoxy) is 1. The van der Waals surface area contributed by atoms with Gasteiger partial charge in [0.15, 0.2) is 0 Å². The van der Waals surface area contributed by atoms with E-state index in [1.54, 1.807) is 25.3 Å². The third kappa shape index (κ3) is 3.78. The van der Waals surface area contributed by atoms with E-state index in [1.807, 2.05) is 13.8 Å². The number of hydrogen-bond acceptors (Lipinski definition) is 3. The maximum Gasteiger partial charge on any atom is 0.228 e. The van der Waals surface area contributed by atoms with Crippen LogP contribution < -0.4 is 15.4 Å². The Kier molecular flexibility index (Phi) is 5.02. The second-order valence-electron chi connectivity index (χ2n) is 7.15. The molecule has 2 amide bonds. The highest BCUT2D eigenvalue weighted by Crippen LogP contribution is 2.59. The number of carbonyl (C=O) groups excluding carboxylic acids is 2. The topological polar surface area (TPSA) is 67.4 Å². The lowest BCUT2D eigenvalue weighted by Crippen LogP contribution is -2.17. The maximum atomic E-state index is 12.7. The Morgan fingerprint density at radius 1 is 1.17 bits per heavy atom. The van der Waals surface area contributed by atoms with Crippen LogP contribution in [0.25, 0.3) is 0 Å².